The summed E-state index contributed by atoms with van der Waals surface area (Å²) in [6, 6.07) is 1.05. The van der Waals surface area contributed by atoms with Gasteiger partial charge in [-0.2, -0.15) is 0 Å². The van der Waals surface area contributed by atoms with Gasteiger partial charge in [0.25, 0.3) is 5.95 Å². The Morgan fingerprint density at radius 1 is 1.50 bits per heavy atom. The highest BCUT2D eigenvalue weighted by molar-refractivity contribution is 5.80. The molecule has 0 bridgehead atoms. The number of aromatic nitrogens is 2. The van der Waals surface area contributed by atoms with Crippen molar-refractivity contribution < 1.29 is 13.5 Å². The summed E-state index contributed by atoms with van der Waals surface area (Å²) >= 11 is 0. The van der Waals surface area contributed by atoms with E-state index in [0.717, 1.165) is 18.9 Å². The molecule has 0 unspecified atom stereocenters. The van der Waals surface area contributed by atoms with E-state index in [-0.39, 0.29) is 23.1 Å². The second-order valence-corrected chi connectivity index (χ2v) is 4.25. The van der Waals surface area contributed by atoms with Gasteiger partial charge in [0.2, 0.25) is 0 Å². The van der Waals surface area contributed by atoms with Crippen LogP contribution in [-0.2, 0) is 7.05 Å². The van der Waals surface area contributed by atoms with Crippen LogP contribution in [0.1, 0.15) is 12.8 Å². The average Bonchev–Trinajstić information content (AvgIpc) is 3.09. The summed E-state index contributed by atoms with van der Waals surface area (Å²) in [5.41, 5.74) is 0.0619. The SMILES string of the molecule is Cn1c(N=O)nc2cc(F)c(OC3CC3)c(F)c21. The van der Waals surface area contributed by atoms with E-state index in [4.69, 9.17) is 4.74 Å². The average molecular weight is 253 g/mol. The molecule has 1 saturated carbocycles. The lowest BCUT2D eigenvalue weighted by atomic mass is 10.2. The van der Waals surface area contributed by atoms with Gasteiger partial charge in [0.05, 0.1) is 11.6 Å². The minimum Gasteiger partial charge on any atom is -0.484 e. The third-order valence-electron chi connectivity index (χ3n) is 2.88. The van der Waals surface area contributed by atoms with Crippen LogP contribution in [0.2, 0.25) is 0 Å². The van der Waals surface area contributed by atoms with Crippen LogP contribution in [0.4, 0.5) is 14.7 Å². The van der Waals surface area contributed by atoms with Gasteiger partial charge in [0.15, 0.2) is 17.4 Å². The molecule has 0 aliphatic heterocycles. The van der Waals surface area contributed by atoms with E-state index in [0.29, 0.717) is 0 Å². The predicted molar refractivity (Wildman–Crippen MR) is 59.7 cm³/mol. The zero-order valence-corrected chi connectivity index (χ0v) is 9.48. The summed E-state index contributed by atoms with van der Waals surface area (Å²) in [4.78, 5) is 14.2. The summed E-state index contributed by atoms with van der Waals surface area (Å²) in [6.45, 7) is 0. The van der Waals surface area contributed by atoms with E-state index in [1.807, 2.05) is 0 Å². The van der Waals surface area contributed by atoms with Crippen molar-refractivity contribution in [3.05, 3.63) is 22.6 Å². The first kappa shape index (κ1) is 11.1. The lowest BCUT2D eigenvalue weighted by molar-refractivity contribution is 0.273. The molecule has 7 heteroatoms. The highest BCUT2D eigenvalue weighted by Gasteiger charge is 2.28. The highest BCUT2D eigenvalue weighted by atomic mass is 19.1. The molecule has 1 heterocycles. The Hall–Kier alpha value is -2.05. The first-order valence-electron chi connectivity index (χ1n) is 5.46. The molecule has 1 aromatic carbocycles. The van der Waals surface area contributed by atoms with Gasteiger partial charge in [-0.3, -0.25) is 0 Å². The molecular weight excluding hydrogens is 244 g/mol. The Bertz CT molecular complexity index is 650. The van der Waals surface area contributed by atoms with Crippen molar-refractivity contribution in [1.29, 1.82) is 0 Å². The second kappa shape index (κ2) is 3.72. The Morgan fingerprint density at radius 3 is 2.83 bits per heavy atom. The Labute approximate surface area is 100 Å². The number of imidazole rings is 1. The van der Waals surface area contributed by atoms with Crippen molar-refractivity contribution in [2.75, 3.05) is 0 Å². The summed E-state index contributed by atoms with van der Waals surface area (Å²) in [5.74, 6) is -2.28. The summed E-state index contributed by atoms with van der Waals surface area (Å²) in [7, 11) is 1.44. The zero-order chi connectivity index (χ0) is 12.9. The molecule has 94 valence electrons. The van der Waals surface area contributed by atoms with Crippen LogP contribution in [0, 0.1) is 16.5 Å². The quantitative estimate of drug-likeness (QED) is 0.790. The Kier molecular flexibility index (Phi) is 2.29. The molecule has 1 fully saturated rings. The van der Waals surface area contributed by atoms with E-state index < -0.39 is 17.4 Å². The number of benzene rings is 1. The monoisotopic (exact) mass is 253 g/mol. The van der Waals surface area contributed by atoms with Crippen LogP contribution in [0.15, 0.2) is 11.2 Å². The van der Waals surface area contributed by atoms with Crippen molar-refractivity contribution >= 4 is 17.0 Å². The van der Waals surface area contributed by atoms with Crippen LogP contribution in [-0.4, -0.2) is 15.7 Å². The third kappa shape index (κ3) is 1.54. The largest absolute Gasteiger partial charge is 0.484 e. The third-order valence-corrected chi connectivity index (χ3v) is 2.88. The molecule has 1 aliphatic rings. The maximum atomic E-state index is 14.2. The molecule has 0 saturated heterocycles. The van der Waals surface area contributed by atoms with E-state index >= 15 is 0 Å². The van der Waals surface area contributed by atoms with Crippen LogP contribution in [0.5, 0.6) is 5.75 Å². The van der Waals surface area contributed by atoms with Crippen molar-refractivity contribution in [3.63, 3.8) is 0 Å². The van der Waals surface area contributed by atoms with Crippen LogP contribution in [0.25, 0.3) is 11.0 Å². The minimum atomic E-state index is -0.846. The molecule has 1 aliphatic carbocycles. The van der Waals surface area contributed by atoms with Crippen molar-refractivity contribution in [1.82, 2.24) is 9.55 Å². The molecule has 5 nitrogen and oxygen atoms in total. The number of fused-ring (bicyclic) bond motifs is 1. The lowest BCUT2D eigenvalue weighted by Gasteiger charge is -2.08. The Balaban J connectivity index is 2.24. The zero-order valence-electron chi connectivity index (χ0n) is 9.48. The first-order valence-corrected chi connectivity index (χ1v) is 5.46. The van der Waals surface area contributed by atoms with Gasteiger partial charge in [-0.05, 0) is 12.8 Å². The summed E-state index contributed by atoms with van der Waals surface area (Å²) in [6.07, 6.45) is 1.47. The van der Waals surface area contributed by atoms with Crippen LogP contribution in [0.3, 0.4) is 0 Å². The molecule has 2 aromatic rings. The summed E-state index contributed by atoms with van der Waals surface area (Å²) < 4.78 is 34.2. The standard InChI is InChI=1S/C11H9F2N3O2/c1-16-9-7(14-11(16)15-17)4-6(12)10(8(9)13)18-5-2-3-5/h4-5H,2-3H2,1H3. The molecule has 3 rings (SSSR count). The summed E-state index contributed by atoms with van der Waals surface area (Å²) in [5, 5.41) is 2.65. The number of halogens is 2. The molecule has 1 aromatic heterocycles. The lowest BCUT2D eigenvalue weighted by Crippen LogP contribution is -2.02. The smallest absolute Gasteiger partial charge is 0.272 e. The first-order chi connectivity index (χ1) is 8.61. The van der Waals surface area contributed by atoms with E-state index in [9.17, 15) is 13.7 Å². The van der Waals surface area contributed by atoms with Crippen molar-refractivity contribution in [3.8, 4) is 5.75 Å². The van der Waals surface area contributed by atoms with Crippen LogP contribution >= 0.6 is 0 Å². The number of nitroso groups, excluding NO2 is 1. The van der Waals surface area contributed by atoms with Gasteiger partial charge in [0, 0.05) is 18.3 Å². The number of hydrogen-bond donors (Lipinski definition) is 0. The fourth-order valence-electron chi connectivity index (χ4n) is 1.81. The van der Waals surface area contributed by atoms with Gasteiger partial charge < -0.3 is 9.30 Å². The number of nitrogens with zero attached hydrogens (tertiary/aromatic N) is 3. The molecule has 0 atom stereocenters. The fourth-order valence-corrected chi connectivity index (χ4v) is 1.81. The maximum Gasteiger partial charge on any atom is 0.272 e. The Morgan fingerprint density at radius 2 is 2.22 bits per heavy atom. The van der Waals surface area contributed by atoms with E-state index in [1.54, 1.807) is 0 Å². The van der Waals surface area contributed by atoms with Crippen LogP contribution < -0.4 is 4.74 Å². The van der Waals surface area contributed by atoms with Gasteiger partial charge in [-0.25, -0.2) is 13.8 Å². The van der Waals surface area contributed by atoms with E-state index in [1.165, 1.54) is 11.6 Å². The highest BCUT2D eigenvalue weighted by Crippen LogP contribution is 2.35. The van der Waals surface area contributed by atoms with Crippen molar-refractivity contribution in [2.45, 2.75) is 18.9 Å². The fraction of sp³-hybridized carbons (Fsp3) is 0.364. The van der Waals surface area contributed by atoms with Gasteiger partial charge in [-0.1, -0.05) is 0 Å². The predicted octanol–water partition coefficient (Wildman–Crippen LogP) is 2.79. The molecule has 0 amide bonds. The van der Waals surface area contributed by atoms with Gasteiger partial charge >= 0.3 is 0 Å². The topological polar surface area (TPSA) is 56.5 Å². The molecule has 18 heavy (non-hydrogen) atoms. The number of ether oxygens (including phenoxy) is 1. The number of aryl methyl sites for hydroxylation is 1. The second-order valence-electron chi connectivity index (χ2n) is 4.25. The molecule has 0 spiro atoms. The number of rotatable bonds is 3. The maximum absolute atomic E-state index is 14.2. The molecule has 0 N–H and O–H groups in total. The van der Waals surface area contributed by atoms with E-state index in [2.05, 4.69) is 10.2 Å². The normalized spacial score (nSPS) is 15.1. The minimum absolute atomic E-state index is 0.0154. The molecule has 0 radical (unpaired) electrons. The van der Waals surface area contributed by atoms with Crippen molar-refractivity contribution in [2.24, 2.45) is 12.2 Å². The van der Waals surface area contributed by atoms with Gasteiger partial charge in [-0.15, -0.1) is 4.91 Å². The molecular formula is C11H9F2N3O2. The van der Waals surface area contributed by atoms with Gasteiger partial charge in [0.1, 0.15) is 5.52 Å². The number of hydrogen-bond acceptors (Lipinski definition) is 4.